The molecule has 0 aliphatic rings. The molecule has 0 saturated carbocycles. The van der Waals surface area contributed by atoms with E-state index in [2.05, 4.69) is 15.3 Å². The molecule has 1 N–H and O–H groups in total. The minimum Gasteiger partial charge on any atom is -0.478 e. The van der Waals surface area contributed by atoms with Crippen molar-refractivity contribution in [3.05, 3.63) is 91.9 Å². The second-order valence-corrected chi connectivity index (χ2v) is 8.71. The van der Waals surface area contributed by atoms with Gasteiger partial charge in [0, 0.05) is 11.5 Å². The van der Waals surface area contributed by atoms with Crippen molar-refractivity contribution in [2.75, 3.05) is 0 Å². The van der Waals surface area contributed by atoms with Gasteiger partial charge in [-0.05, 0) is 36.2 Å². The van der Waals surface area contributed by atoms with Gasteiger partial charge >= 0.3 is 12.1 Å². The minimum atomic E-state index is -5.10. The Morgan fingerprint density at radius 1 is 1.24 bits per heavy atom. The molecule has 0 fully saturated rings. The van der Waals surface area contributed by atoms with Crippen molar-refractivity contribution in [1.82, 2.24) is 20.0 Å². The van der Waals surface area contributed by atoms with Crippen molar-refractivity contribution in [1.29, 1.82) is 5.26 Å². The molecule has 14 heteroatoms. The number of hydrogen-bond donors (Lipinski definition) is 1. The van der Waals surface area contributed by atoms with Crippen molar-refractivity contribution in [3.63, 3.8) is 0 Å². The van der Waals surface area contributed by atoms with Gasteiger partial charge in [-0.2, -0.15) is 18.4 Å². The third-order valence-electron chi connectivity index (χ3n) is 6.17. The molecule has 10 nitrogen and oxygen atoms in total. The molecule has 0 saturated heterocycles. The highest BCUT2D eigenvalue weighted by molar-refractivity contribution is 6.35. The lowest BCUT2D eigenvalue weighted by Gasteiger charge is -2.33. The summed E-state index contributed by atoms with van der Waals surface area (Å²) >= 11 is 6.18. The van der Waals surface area contributed by atoms with Crippen LogP contribution in [0.3, 0.4) is 0 Å². The van der Waals surface area contributed by atoms with Gasteiger partial charge in [-0.25, -0.2) is 14.5 Å². The second kappa shape index (κ2) is 9.71. The molecule has 0 spiro atoms. The Hall–Kier alpha value is -4.57. The number of pyridine rings is 1. The lowest BCUT2D eigenvalue weighted by molar-refractivity contribution is -0.386. The van der Waals surface area contributed by atoms with Gasteiger partial charge in [-0.15, -0.1) is 5.10 Å². The van der Waals surface area contributed by atoms with E-state index in [1.165, 1.54) is 13.0 Å². The van der Waals surface area contributed by atoms with Crippen LogP contribution in [0.5, 0.6) is 0 Å². The fraction of sp³-hybridized carbons (Fsp3) is 0.208. The zero-order chi connectivity index (χ0) is 27.8. The van der Waals surface area contributed by atoms with Gasteiger partial charge in [0.2, 0.25) is 0 Å². The first kappa shape index (κ1) is 26.5. The first-order valence-corrected chi connectivity index (χ1v) is 11.3. The summed E-state index contributed by atoms with van der Waals surface area (Å²) in [7, 11) is 0. The Balaban J connectivity index is 1.83. The van der Waals surface area contributed by atoms with E-state index in [0.29, 0.717) is 27.6 Å². The van der Waals surface area contributed by atoms with Gasteiger partial charge in [0.05, 0.1) is 39.3 Å². The van der Waals surface area contributed by atoms with Gasteiger partial charge < -0.3 is 5.11 Å². The number of alkyl halides is 3. The third-order valence-corrected chi connectivity index (χ3v) is 6.49. The van der Waals surface area contributed by atoms with E-state index in [4.69, 9.17) is 16.9 Å². The number of nitro benzene ring substituents is 1. The molecule has 2 aromatic carbocycles. The number of nitrogens with zero attached hydrogens (tertiary/aromatic N) is 6. The molecule has 0 amide bonds. The van der Waals surface area contributed by atoms with Crippen molar-refractivity contribution >= 4 is 34.2 Å². The summed E-state index contributed by atoms with van der Waals surface area (Å²) in [5, 5.41) is 38.5. The van der Waals surface area contributed by atoms with Crippen LogP contribution in [-0.2, 0) is 12.0 Å². The molecular formula is C24H16ClF3N6O4. The molecule has 4 aromatic rings. The molecule has 1 unspecified atom stereocenters. The van der Waals surface area contributed by atoms with E-state index in [1.54, 1.807) is 18.2 Å². The lowest BCUT2D eigenvalue weighted by atomic mass is 9.73. The van der Waals surface area contributed by atoms with Crippen molar-refractivity contribution in [2.45, 2.75) is 31.5 Å². The molecule has 0 aliphatic heterocycles. The summed E-state index contributed by atoms with van der Waals surface area (Å²) in [4.78, 5) is 26.3. The maximum Gasteiger partial charge on any atom is 0.404 e. The molecule has 2 heterocycles. The number of fused-ring (bicyclic) bond motifs is 1. The maximum absolute atomic E-state index is 14.7. The minimum absolute atomic E-state index is 0.0477. The molecule has 0 bridgehead atoms. The summed E-state index contributed by atoms with van der Waals surface area (Å²) in [5.74, 6) is -1.54. The predicted octanol–water partition coefficient (Wildman–Crippen LogP) is 5.26. The number of aromatic carboxylic acids is 1. The van der Waals surface area contributed by atoms with Gasteiger partial charge in [0.25, 0.3) is 5.69 Å². The third kappa shape index (κ3) is 4.50. The van der Waals surface area contributed by atoms with E-state index >= 15 is 0 Å². The van der Waals surface area contributed by atoms with Gasteiger partial charge in [0.1, 0.15) is 22.9 Å². The normalized spacial score (nSPS) is 13.2. The van der Waals surface area contributed by atoms with Crippen LogP contribution < -0.4 is 0 Å². The van der Waals surface area contributed by atoms with Gasteiger partial charge in [0.15, 0.2) is 0 Å². The van der Waals surface area contributed by atoms with Crippen LogP contribution in [0.2, 0.25) is 5.02 Å². The summed E-state index contributed by atoms with van der Waals surface area (Å²) in [5.41, 5.74) is -4.89. The Bertz CT molecular complexity index is 1630. The predicted molar refractivity (Wildman–Crippen MR) is 128 cm³/mol. The Morgan fingerprint density at radius 2 is 1.97 bits per heavy atom. The lowest BCUT2D eigenvalue weighted by Crippen LogP contribution is -2.44. The van der Waals surface area contributed by atoms with Gasteiger partial charge in [-0.1, -0.05) is 35.9 Å². The van der Waals surface area contributed by atoms with Crippen LogP contribution in [0.25, 0.3) is 10.9 Å². The first-order chi connectivity index (χ1) is 17.9. The largest absolute Gasteiger partial charge is 0.478 e. The average Bonchev–Trinajstić information content (AvgIpc) is 3.31. The Morgan fingerprint density at radius 3 is 2.58 bits per heavy atom. The summed E-state index contributed by atoms with van der Waals surface area (Å²) in [6.07, 6.45) is -4.79. The van der Waals surface area contributed by atoms with Crippen molar-refractivity contribution in [3.8, 4) is 6.07 Å². The summed E-state index contributed by atoms with van der Waals surface area (Å²) < 4.78 is 45.4. The standard InChI is InChI=1S/C24H16ClF3N6O4/c1-2-23(24(26,27)28,17-8-14(22(35)36)4-6-20(17)34(37)38)21-12-33(32-31-21)11-13-3-5-16-18(25)9-15(10-29)30-19(16)7-13/h3-9,12H,2,11H2,1H3,(H,35,36). The molecule has 2 aromatic heterocycles. The average molecular weight is 545 g/mol. The van der Waals surface area contributed by atoms with Crippen LogP contribution >= 0.6 is 11.6 Å². The Kier molecular flexibility index (Phi) is 6.77. The molecule has 194 valence electrons. The number of hydrogen-bond acceptors (Lipinski definition) is 7. The monoisotopic (exact) mass is 544 g/mol. The number of carbonyl (C=O) groups is 1. The smallest absolute Gasteiger partial charge is 0.404 e. The van der Waals surface area contributed by atoms with Crippen LogP contribution in [0.1, 0.15) is 46.2 Å². The SMILES string of the molecule is CCC(c1cn(Cc2ccc3c(Cl)cc(C#N)nc3c2)nn1)(c1cc(C(=O)O)ccc1[N+](=O)[O-])C(F)(F)F. The molecule has 1 atom stereocenters. The van der Waals surface area contributed by atoms with E-state index in [0.717, 1.165) is 23.0 Å². The molecular weight excluding hydrogens is 529 g/mol. The summed E-state index contributed by atoms with van der Waals surface area (Å²) in [6, 6.07) is 10.5. The van der Waals surface area contributed by atoms with Gasteiger partial charge in [-0.3, -0.25) is 10.1 Å². The first-order valence-electron chi connectivity index (χ1n) is 10.9. The van der Waals surface area contributed by atoms with E-state index in [-0.39, 0.29) is 12.2 Å². The fourth-order valence-corrected chi connectivity index (χ4v) is 4.59. The van der Waals surface area contributed by atoms with Crippen molar-refractivity contribution in [2.24, 2.45) is 0 Å². The highest BCUT2D eigenvalue weighted by atomic mass is 35.5. The van der Waals surface area contributed by atoms with E-state index in [1.807, 2.05) is 6.07 Å². The Labute approximate surface area is 217 Å². The van der Waals surface area contributed by atoms with E-state index < -0.39 is 51.4 Å². The second-order valence-electron chi connectivity index (χ2n) is 8.30. The fourth-order valence-electron chi connectivity index (χ4n) is 4.32. The molecule has 0 radical (unpaired) electrons. The van der Waals surface area contributed by atoms with Crippen LogP contribution in [-0.4, -0.2) is 42.2 Å². The zero-order valence-corrected chi connectivity index (χ0v) is 20.2. The van der Waals surface area contributed by atoms with Crippen LogP contribution in [0.4, 0.5) is 18.9 Å². The number of carboxylic acid groups (broad SMARTS) is 1. The highest BCUT2D eigenvalue weighted by Crippen LogP contribution is 2.51. The number of nitriles is 1. The number of nitro groups is 1. The molecule has 4 rings (SSSR count). The molecule has 38 heavy (non-hydrogen) atoms. The molecule has 0 aliphatic carbocycles. The van der Waals surface area contributed by atoms with Crippen LogP contribution in [0.15, 0.2) is 48.7 Å². The van der Waals surface area contributed by atoms with E-state index in [9.17, 15) is 33.2 Å². The number of benzene rings is 2. The number of aromatic nitrogens is 4. The quantitative estimate of drug-likeness (QED) is 0.244. The zero-order valence-electron chi connectivity index (χ0n) is 19.4. The summed E-state index contributed by atoms with van der Waals surface area (Å²) in [6.45, 7) is 1.13. The maximum atomic E-state index is 14.7. The number of halogens is 4. The van der Waals surface area contributed by atoms with Crippen LogP contribution in [0, 0.1) is 21.4 Å². The highest BCUT2D eigenvalue weighted by Gasteiger charge is 2.60. The topological polar surface area (TPSA) is 148 Å². The number of rotatable bonds is 7. The van der Waals surface area contributed by atoms with Crippen molar-refractivity contribution < 1.29 is 28.0 Å². The number of carboxylic acids is 1.